The van der Waals surface area contributed by atoms with Gasteiger partial charge in [-0.15, -0.1) is 11.3 Å². The number of ether oxygens (including phenoxy) is 3. The fourth-order valence-corrected chi connectivity index (χ4v) is 6.46. The van der Waals surface area contributed by atoms with E-state index in [1.807, 2.05) is 45.9 Å². The second-order valence-corrected chi connectivity index (χ2v) is 12.9. The van der Waals surface area contributed by atoms with Crippen molar-refractivity contribution < 1.29 is 23.8 Å². The number of carbonyl (C=O) groups excluding carboxylic acids is 2. The Hall–Kier alpha value is -3.48. The lowest BCUT2D eigenvalue weighted by Crippen LogP contribution is -2.46. The number of hydrogen-bond acceptors (Lipinski definition) is 10. The number of anilines is 2. The van der Waals surface area contributed by atoms with Crippen LogP contribution in [0.5, 0.6) is 0 Å². The average molecular weight is 597 g/mol. The quantitative estimate of drug-likeness (QED) is 0.333. The number of fused-ring (bicyclic) bond motifs is 2. The molecule has 0 unspecified atom stereocenters. The molecule has 3 aromatic rings. The summed E-state index contributed by atoms with van der Waals surface area (Å²) < 4.78 is 16.7. The van der Waals surface area contributed by atoms with Crippen LogP contribution in [0.25, 0.3) is 10.2 Å². The van der Waals surface area contributed by atoms with Crippen molar-refractivity contribution in [2.45, 2.75) is 70.7 Å². The van der Waals surface area contributed by atoms with E-state index in [9.17, 15) is 9.59 Å². The van der Waals surface area contributed by atoms with Gasteiger partial charge in [-0.05, 0) is 70.7 Å². The number of thiophene rings is 1. The number of rotatable bonds is 8. The molecule has 0 bridgehead atoms. The molecule has 1 fully saturated rings. The zero-order valence-corrected chi connectivity index (χ0v) is 25.7. The van der Waals surface area contributed by atoms with Gasteiger partial charge < -0.3 is 35.5 Å². The number of carbonyl (C=O) groups is 2. The Balaban J connectivity index is 1.23. The van der Waals surface area contributed by atoms with Crippen LogP contribution in [0.2, 0.25) is 0 Å². The average Bonchev–Trinajstić information content (AvgIpc) is 3.47. The number of aromatic nitrogens is 2. The summed E-state index contributed by atoms with van der Waals surface area (Å²) in [6.07, 6.45) is 1.53. The highest BCUT2D eigenvalue weighted by atomic mass is 32.1. The molecule has 12 heteroatoms. The van der Waals surface area contributed by atoms with Crippen molar-refractivity contribution in [1.82, 2.24) is 20.6 Å². The van der Waals surface area contributed by atoms with Crippen LogP contribution in [0.15, 0.2) is 24.3 Å². The largest absolute Gasteiger partial charge is 0.444 e. The second-order valence-electron chi connectivity index (χ2n) is 11.9. The van der Waals surface area contributed by atoms with Crippen molar-refractivity contribution >= 4 is 45.1 Å². The Morgan fingerprint density at radius 2 is 1.93 bits per heavy atom. The predicted octanol–water partition coefficient (Wildman–Crippen LogP) is 3.61. The minimum absolute atomic E-state index is 0.00952. The third-order valence-corrected chi connectivity index (χ3v) is 8.55. The number of amides is 2. The summed E-state index contributed by atoms with van der Waals surface area (Å²) in [5.74, 6) is 0.678. The van der Waals surface area contributed by atoms with Crippen LogP contribution in [-0.2, 0) is 27.1 Å². The fourth-order valence-electron chi connectivity index (χ4n) is 5.42. The summed E-state index contributed by atoms with van der Waals surface area (Å²) in [6.45, 7) is 9.46. The first-order valence-electron chi connectivity index (χ1n) is 14.3. The molecule has 5 rings (SSSR count). The fraction of sp³-hybridized carbons (Fsp3) is 0.533. The first-order chi connectivity index (χ1) is 20.0. The summed E-state index contributed by atoms with van der Waals surface area (Å²) in [5, 5.41) is 6.98. The van der Waals surface area contributed by atoms with Crippen LogP contribution in [0.1, 0.15) is 53.8 Å². The Morgan fingerprint density at radius 3 is 2.69 bits per heavy atom. The summed E-state index contributed by atoms with van der Waals surface area (Å²) in [7, 11) is 1.63. The molecule has 1 aliphatic carbocycles. The lowest BCUT2D eigenvalue weighted by Gasteiger charge is -2.26. The normalized spacial score (nSPS) is 20.4. The van der Waals surface area contributed by atoms with Crippen LogP contribution in [0.3, 0.4) is 0 Å². The van der Waals surface area contributed by atoms with Crippen molar-refractivity contribution in [1.29, 1.82) is 0 Å². The number of nitrogens with two attached hydrogens (primary N) is 1. The van der Waals surface area contributed by atoms with Gasteiger partial charge in [0.2, 0.25) is 0 Å². The van der Waals surface area contributed by atoms with Crippen molar-refractivity contribution in [3.05, 3.63) is 46.1 Å². The smallest absolute Gasteiger partial charge is 0.408 e. The molecule has 0 spiro atoms. The third-order valence-electron chi connectivity index (χ3n) is 7.44. The van der Waals surface area contributed by atoms with E-state index in [1.54, 1.807) is 7.11 Å². The molecule has 3 aromatic heterocycles. The van der Waals surface area contributed by atoms with Crippen LogP contribution < -0.4 is 21.3 Å². The minimum Gasteiger partial charge on any atom is -0.444 e. The van der Waals surface area contributed by atoms with E-state index in [2.05, 4.69) is 26.6 Å². The zero-order valence-electron chi connectivity index (χ0n) is 24.9. The maximum Gasteiger partial charge on any atom is 0.408 e. The highest BCUT2D eigenvalue weighted by Gasteiger charge is 2.37. The molecule has 42 heavy (non-hydrogen) atoms. The maximum absolute atomic E-state index is 13.1. The number of nitrogens with one attached hydrogen (secondary N) is 2. The van der Waals surface area contributed by atoms with Gasteiger partial charge in [0.05, 0.1) is 31.0 Å². The van der Waals surface area contributed by atoms with Gasteiger partial charge in [0.1, 0.15) is 21.1 Å². The topological polar surface area (TPSA) is 141 Å². The van der Waals surface area contributed by atoms with E-state index < -0.39 is 11.7 Å². The molecule has 0 saturated carbocycles. The highest BCUT2D eigenvalue weighted by Crippen LogP contribution is 2.33. The van der Waals surface area contributed by atoms with Gasteiger partial charge in [0.25, 0.3) is 5.91 Å². The number of hydrogen-bond donors (Lipinski definition) is 3. The Labute approximate surface area is 250 Å². The van der Waals surface area contributed by atoms with E-state index in [1.165, 1.54) is 11.3 Å². The van der Waals surface area contributed by atoms with Gasteiger partial charge >= 0.3 is 6.09 Å². The molecule has 0 aromatic carbocycles. The van der Waals surface area contributed by atoms with Crippen LogP contribution in [-0.4, -0.2) is 79.2 Å². The molecule has 2 aliphatic rings. The summed E-state index contributed by atoms with van der Waals surface area (Å²) in [4.78, 5) is 38.6. The number of nitrogens with zero attached hydrogens (tertiary/aromatic N) is 3. The number of methoxy groups -OCH3 is 1. The predicted molar refractivity (Wildman–Crippen MR) is 163 cm³/mol. The first-order valence-corrected chi connectivity index (χ1v) is 15.1. The maximum atomic E-state index is 13.1. The lowest BCUT2D eigenvalue weighted by atomic mass is 9.91. The zero-order chi connectivity index (χ0) is 30.0. The number of alkyl carbamates (subject to hydrolysis) is 1. The molecule has 11 nitrogen and oxygen atoms in total. The summed E-state index contributed by atoms with van der Waals surface area (Å²) in [5.41, 5.74) is 9.24. The molecule has 2 amide bonds. The van der Waals surface area contributed by atoms with E-state index in [-0.39, 0.29) is 24.1 Å². The van der Waals surface area contributed by atoms with Crippen molar-refractivity contribution in [3.63, 3.8) is 0 Å². The second kappa shape index (κ2) is 12.4. The van der Waals surface area contributed by atoms with Crippen LogP contribution >= 0.6 is 11.3 Å². The molecule has 226 valence electrons. The van der Waals surface area contributed by atoms with E-state index in [0.717, 1.165) is 45.8 Å². The van der Waals surface area contributed by atoms with Crippen LogP contribution in [0.4, 0.5) is 16.3 Å². The molecule has 4 N–H and O–H groups in total. The summed E-state index contributed by atoms with van der Waals surface area (Å²) >= 11 is 1.33. The lowest BCUT2D eigenvalue weighted by molar-refractivity contribution is 0.00946. The van der Waals surface area contributed by atoms with Crippen molar-refractivity contribution in [2.75, 3.05) is 44.0 Å². The third kappa shape index (κ3) is 6.93. The van der Waals surface area contributed by atoms with E-state index >= 15 is 0 Å². The van der Waals surface area contributed by atoms with Gasteiger partial charge in [-0.3, -0.25) is 4.79 Å². The minimum atomic E-state index is -0.590. The molecule has 3 atom stereocenters. The molecule has 4 heterocycles. The highest BCUT2D eigenvalue weighted by molar-refractivity contribution is 7.21. The molecular weight excluding hydrogens is 556 g/mol. The molecule has 1 aliphatic heterocycles. The Bertz CT molecular complexity index is 1450. The number of nitrogen functional groups attached to an aromatic ring is 1. The Morgan fingerprint density at radius 1 is 1.12 bits per heavy atom. The van der Waals surface area contributed by atoms with Gasteiger partial charge in [-0.1, -0.05) is 6.07 Å². The van der Waals surface area contributed by atoms with Gasteiger partial charge in [0, 0.05) is 43.0 Å². The van der Waals surface area contributed by atoms with Crippen molar-refractivity contribution in [2.24, 2.45) is 0 Å². The monoisotopic (exact) mass is 596 g/mol. The Kier molecular flexibility index (Phi) is 8.86. The van der Waals surface area contributed by atoms with Gasteiger partial charge in [-0.2, -0.15) is 0 Å². The van der Waals surface area contributed by atoms with E-state index in [4.69, 9.17) is 24.9 Å². The van der Waals surface area contributed by atoms with Crippen molar-refractivity contribution in [3.8, 4) is 0 Å². The molecule has 1 saturated heterocycles. The number of pyridine rings is 2. The first kappa shape index (κ1) is 30.0. The van der Waals surface area contributed by atoms with Crippen LogP contribution in [0, 0.1) is 6.92 Å². The van der Waals surface area contributed by atoms with E-state index in [0.29, 0.717) is 43.3 Å². The SMILES string of the molecule is COCCO[C@H]1CN(c2ccc3c(n2)CC[C@H](NC(=O)c2sc4nc(C)ccc4c2N)C3)C[C@@H]1NC(=O)OC(C)(C)C. The van der Waals surface area contributed by atoms with Gasteiger partial charge in [-0.25, -0.2) is 14.8 Å². The molecular formula is C30H40N6O5S. The van der Waals surface area contributed by atoms with Gasteiger partial charge in [0.15, 0.2) is 0 Å². The molecule has 0 radical (unpaired) electrons. The number of aryl methyl sites for hydroxylation is 2. The summed E-state index contributed by atoms with van der Waals surface area (Å²) in [6, 6.07) is 7.65. The standard InChI is InChI=1S/C30H40N6O5S/c1-17-6-9-20-25(31)26(42-28(20)32-17)27(37)33-19-8-10-21-18(14-19)7-11-24(34-21)36-15-22(23(16-36)40-13-12-39-5)35-29(38)41-30(2,3)4/h6-7,9,11,19,22-23H,8,10,12-16,31H2,1-5H3,(H,33,37)(H,35,38)/t19-,22-,23-/m0/s1.